The van der Waals surface area contributed by atoms with Crippen molar-refractivity contribution >= 4 is 5.95 Å². The number of rotatable bonds is 6. The Balaban J connectivity index is 2.24. The molecule has 0 amide bonds. The highest BCUT2D eigenvalue weighted by atomic mass is 15.1. The molecular weight excluding hydrogens is 200 g/mol. The van der Waals surface area contributed by atoms with E-state index < -0.39 is 0 Å². The van der Waals surface area contributed by atoms with Crippen molar-refractivity contribution < 1.29 is 0 Å². The predicted molar refractivity (Wildman–Crippen MR) is 63.9 cm³/mol. The summed E-state index contributed by atoms with van der Waals surface area (Å²) in [7, 11) is 0. The molecule has 0 saturated carbocycles. The van der Waals surface area contributed by atoms with E-state index in [1.165, 1.54) is 12.8 Å². The summed E-state index contributed by atoms with van der Waals surface area (Å²) in [5.74, 6) is 1.31. The first-order valence-electron chi connectivity index (χ1n) is 5.69. The van der Waals surface area contributed by atoms with E-state index in [0.717, 1.165) is 18.9 Å². The van der Waals surface area contributed by atoms with Crippen LogP contribution in [0, 0.1) is 17.2 Å². The Hall–Kier alpha value is -1.63. The maximum Gasteiger partial charge on any atom is 0.223 e. The lowest BCUT2D eigenvalue weighted by Gasteiger charge is -2.05. The lowest BCUT2D eigenvalue weighted by atomic mass is 10.1. The van der Waals surface area contributed by atoms with Gasteiger partial charge in [0, 0.05) is 12.7 Å². The van der Waals surface area contributed by atoms with Crippen LogP contribution in [0.2, 0.25) is 0 Å². The van der Waals surface area contributed by atoms with E-state index in [4.69, 9.17) is 5.26 Å². The second-order valence-electron chi connectivity index (χ2n) is 4.19. The Labute approximate surface area is 96.7 Å². The van der Waals surface area contributed by atoms with Crippen LogP contribution in [-0.4, -0.2) is 16.5 Å². The van der Waals surface area contributed by atoms with Crippen molar-refractivity contribution in [1.29, 1.82) is 5.26 Å². The second-order valence-corrected chi connectivity index (χ2v) is 4.19. The molecule has 0 radical (unpaired) electrons. The molecule has 0 bridgehead atoms. The summed E-state index contributed by atoms with van der Waals surface area (Å²) in [6, 6.07) is 3.59. The number of aromatic nitrogens is 2. The van der Waals surface area contributed by atoms with Crippen molar-refractivity contribution in [2.45, 2.75) is 33.1 Å². The third-order valence-electron chi connectivity index (χ3n) is 2.26. The Kier molecular flexibility index (Phi) is 5.27. The first-order chi connectivity index (χ1) is 7.72. The fourth-order valence-corrected chi connectivity index (χ4v) is 1.38. The molecule has 0 aromatic carbocycles. The highest BCUT2D eigenvalue weighted by Crippen LogP contribution is 2.06. The van der Waals surface area contributed by atoms with Crippen molar-refractivity contribution in [1.82, 2.24) is 9.97 Å². The summed E-state index contributed by atoms with van der Waals surface area (Å²) in [5.41, 5.74) is 0.402. The molecule has 16 heavy (non-hydrogen) atoms. The lowest BCUT2D eigenvalue weighted by Crippen LogP contribution is -2.06. The molecule has 0 unspecified atom stereocenters. The Morgan fingerprint density at radius 1 is 1.44 bits per heavy atom. The fraction of sp³-hybridized carbons (Fsp3) is 0.583. The molecule has 0 fully saturated rings. The second kappa shape index (κ2) is 6.78. The van der Waals surface area contributed by atoms with Crippen LogP contribution in [0.15, 0.2) is 12.3 Å². The Morgan fingerprint density at radius 2 is 2.25 bits per heavy atom. The average molecular weight is 218 g/mol. The van der Waals surface area contributed by atoms with Gasteiger partial charge in [0.15, 0.2) is 0 Å². The van der Waals surface area contributed by atoms with Gasteiger partial charge in [-0.3, -0.25) is 0 Å². The van der Waals surface area contributed by atoms with E-state index in [1.807, 2.05) is 6.07 Å². The summed E-state index contributed by atoms with van der Waals surface area (Å²) >= 11 is 0. The van der Waals surface area contributed by atoms with Crippen LogP contribution in [-0.2, 0) is 0 Å². The molecule has 4 heteroatoms. The Bertz CT molecular complexity index is 354. The van der Waals surface area contributed by atoms with Crippen LogP contribution < -0.4 is 5.32 Å². The first kappa shape index (κ1) is 12.4. The van der Waals surface area contributed by atoms with Crippen LogP contribution >= 0.6 is 0 Å². The van der Waals surface area contributed by atoms with E-state index in [1.54, 1.807) is 12.3 Å². The van der Waals surface area contributed by atoms with Crippen LogP contribution in [0.5, 0.6) is 0 Å². The highest BCUT2D eigenvalue weighted by Gasteiger charge is 1.98. The standard InChI is InChI=1S/C12H18N4/c1-10(2)5-3-4-7-14-12-15-8-6-11(9-13)16-12/h6,8,10H,3-5,7H2,1-2H3,(H,14,15,16). The van der Waals surface area contributed by atoms with Gasteiger partial charge in [-0.05, 0) is 18.4 Å². The van der Waals surface area contributed by atoms with Gasteiger partial charge in [-0.1, -0.05) is 26.7 Å². The van der Waals surface area contributed by atoms with Crippen molar-refractivity contribution in [2.24, 2.45) is 5.92 Å². The first-order valence-corrected chi connectivity index (χ1v) is 5.69. The molecule has 1 heterocycles. The minimum Gasteiger partial charge on any atom is -0.354 e. The quantitative estimate of drug-likeness (QED) is 0.745. The van der Waals surface area contributed by atoms with Gasteiger partial charge < -0.3 is 5.32 Å². The van der Waals surface area contributed by atoms with Crippen LogP contribution in [0.1, 0.15) is 38.8 Å². The van der Waals surface area contributed by atoms with E-state index in [-0.39, 0.29) is 0 Å². The summed E-state index contributed by atoms with van der Waals surface area (Å²) in [4.78, 5) is 8.09. The smallest absolute Gasteiger partial charge is 0.223 e. The van der Waals surface area contributed by atoms with Crippen molar-refractivity contribution in [3.8, 4) is 6.07 Å². The van der Waals surface area contributed by atoms with Gasteiger partial charge in [0.2, 0.25) is 5.95 Å². The largest absolute Gasteiger partial charge is 0.354 e. The van der Waals surface area contributed by atoms with E-state index >= 15 is 0 Å². The maximum absolute atomic E-state index is 8.66. The number of nitriles is 1. The fourth-order valence-electron chi connectivity index (χ4n) is 1.38. The molecule has 0 aliphatic carbocycles. The van der Waals surface area contributed by atoms with E-state index in [0.29, 0.717) is 11.6 Å². The van der Waals surface area contributed by atoms with Crippen molar-refractivity contribution in [2.75, 3.05) is 11.9 Å². The maximum atomic E-state index is 8.66. The van der Waals surface area contributed by atoms with Crippen LogP contribution in [0.25, 0.3) is 0 Å². The van der Waals surface area contributed by atoms with Crippen molar-refractivity contribution in [3.05, 3.63) is 18.0 Å². The van der Waals surface area contributed by atoms with Gasteiger partial charge in [0.25, 0.3) is 0 Å². The van der Waals surface area contributed by atoms with Gasteiger partial charge in [-0.2, -0.15) is 5.26 Å². The highest BCUT2D eigenvalue weighted by molar-refractivity contribution is 5.29. The molecule has 0 atom stereocenters. The summed E-state index contributed by atoms with van der Waals surface area (Å²) < 4.78 is 0. The minimum atomic E-state index is 0.402. The molecular formula is C12H18N4. The summed E-state index contributed by atoms with van der Waals surface area (Å²) in [6.45, 7) is 5.32. The lowest BCUT2D eigenvalue weighted by molar-refractivity contribution is 0.544. The molecule has 1 aromatic rings. The number of nitrogens with zero attached hydrogens (tertiary/aromatic N) is 3. The van der Waals surface area contributed by atoms with Crippen molar-refractivity contribution in [3.63, 3.8) is 0 Å². The zero-order chi connectivity index (χ0) is 11.8. The monoisotopic (exact) mass is 218 g/mol. The van der Waals surface area contributed by atoms with Gasteiger partial charge in [-0.15, -0.1) is 0 Å². The number of hydrogen-bond acceptors (Lipinski definition) is 4. The number of hydrogen-bond donors (Lipinski definition) is 1. The molecule has 1 aromatic heterocycles. The molecule has 0 saturated heterocycles. The van der Waals surface area contributed by atoms with Crippen LogP contribution in [0.4, 0.5) is 5.95 Å². The molecule has 1 N–H and O–H groups in total. The van der Waals surface area contributed by atoms with E-state index in [2.05, 4.69) is 29.1 Å². The van der Waals surface area contributed by atoms with Crippen LogP contribution in [0.3, 0.4) is 0 Å². The third-order valence-corrected chi connectivity index (χ3v) is 2.26. The zero-order valence-corrected chi connectivity index (χ0v) is 9.90. The normalized spacial score (nSPS) is 10.1. The summed E-state index contributed by atoms with van der Waals surface area (Å²) in [6.07, 6.45) is 5.17. The zero-order valence-electron chi connectivity index (χ0n) is 9.90. The molecule has 4 nitrogen and oxygen atoms in total. The molecule has 0 aliphatic rings. The number of nitrogens with one attached hydrogen (secondary N) is 1. The molecule has 1 rings (SSSR count). The van der Waals surface area contributed by atoms with Gasteiger partial charge in [0.05, 0.1) is 0 Å². The predicted octanol–water partition coefficient (Wildman–Crippen LogP) is 2.59. The van der Waals surface area contributed by atoms with E-state index in [9.17, 15) is 0 Å². The SMILES string of the molecule is CC(C)CCCCNc1nccc(C#N)n1. The topological polar surface area (TPSA) is 61.6 Å². The third kappa shape index (κ3) is 4.74. The number of anilines is 1. The Morgan fingerprint density at radius 3 is 2.94 bits per heavy atom. The van der Waals surface area contributed by atoms with Gasteiger partial charge in [-0.25, -0.2) is 9.97 Å². The molecule has 0 aliphatic heterocycles. The number of unbranched alkanes of at least 4 members (excludes halogenated alkanes) is 1. The van der Waals surface area contributed by atoms with Gasteiger partial charge >= 0.3 is 0 Å². The molecule has 86 valence electrons. The molecule has 0 spiro atoms. The average Bonchev–Trinajstić information content (AvgIpc) is 2.28. The van der Waals surface area contributed by atoms with Gasteiger partial charge in [0.1, 0.15) is 11.8 Å². The summed E-state index contributed by atoms with van der Waals surface area (Å²) in [5, 5.41) is 11.8. The minimum absolute atomic E-state index is 0.402.